The Morgan fingerprint density at radius 3 is 2.45 bits per heavy atom. The molecule has 0 aliphatic rings. The van der Waals surface area contributed by atoms with Crippen LogP contribution in [0.4, 0.5) is 5.95 Å². The molecule has 1 rings (SSSR count). The van der Waals surface area contributed by atoms with E-state index in [1.54, 1.807) is 0 Å². The second-order valence-corrected chi connectivity index (χ2v) is 6.25. The molecule has 1 aromatic rings. The van der Waals surface area contributed by atoms with Gasteiger partial charge in [0.15, 0.2) is 0 Å². The smallest absolute Gasteiger partial charge is 0.243 e. The molecule has 114 valence electrons. The average Bonchev–Trinajstić information content (AvgIpc) is 2.42. The summed E-state index contributed by atoms with van der Waals surface area (Å²) >= 11 is 0. The van der Waals surface area contributed by atoms with Gasteiger partial charge in [-0.1, -0.05) is 6.92 Å². The highest BCUT2D eigenvalue weighted by Gasteiger charge is 2.14. The van der Waals surface area contributed by atoms with Crippen molar-refractivity contribution in [3.05, 3.63) is 12.4 Å². The number of hydrogen-bond donors (Lipinski definition) is 2. The van der Waals surface area contributed by atoms with Crippen molar-refractivity contribution in [3.63, 3.8) is 0 Å². The summed E-state index contributed by atoms with van der Waals surface area (Å²) in [6.07, 6.45) is 3.60. The zero-order valence-electron chi connectivity index (χ0n) is 12.1. The Hall–Kier alpha value is -1.25. The van der Waals surface area contributed by atoms with Crippen LogP contribution in [-0.2, 0) is 14.8 Å². The Kier molecular flexibility index (Phi) is 6.83. The van der Waals surface area contributed by atoms with Crippen LogP contribution in [0, 0.1) is 0 Å². The predicted molar refractivity (Wildman–Crippen MR) is 77.1 cm³/mol. The van der Waals surface area contributed by atoms with Crippen molar-refractivity contribution in [2.75, 3.05) is 25.0 Å². The Labute approximate surface area is 120 Å². The predicted octanol–water partition coefficient (Wildman–Crippen LogP) is 1.00. The summed E-state index contributed by atoms with van der Waals surface area (Å²) in [7, 11) is -3.58. The standard InChI is InChI=1S/C12H22N4O3S/c1-4-5-13-12-14-8-11(9-15-12)20(17,18)16-6-7-19-10(2)3/h8-10,16H,4-7H2,1-3H3,(H,13,14,15). The number of hydrogen-bond acceptors (Lipinski definition) is 6. The number of sulfonamides is 1. The van der Waals surface area contributed by atoms with Crippen molar-refractivity contribution in [1.82, 2.24) is 14.7 Å². The van der Waals surface area contributed by atoms with Crippen LogP contribution in [0.5, 0.6) is 0 Å². The van der Waals surface area contributed by atoms with Crippen molar-refractivity contribution < 1.29 is 13.2 Å². The minimum absolute atomic E-state index is 0.0455. The van der Waals surface area contributed by atoms with Crippen molar-refractivity contribution in [1.29, 1.82) is 0 Å². The van der Waals surface area contributed by atoms with E-state index in [2.05, 4.69) is 20.0 Å². The molecule has 0 saturated heterocycles. The van der Waals surface area contributed by atoms with Crippen LogP contribution in [0.2, 0.25) is 0 Å². The highest BCUT2D eigenvalue weighted by atomic mass is 32.2. The third-order valence-electron chi connectivity index (χ3n) is 2.32. The normalized spacial score (nSPS) is 11.8. The van der Waals surface area contributed by atoms with Crippen molar-refractivity contribution in [2.24, 2.45) is 0 Å². The summed E-state index contributed by atoms with van der Waals surface area (Å²) < 4.78 is 31.6. The van der Waals surface area contributed by atoms with Gasteiger partial charge in [0.2, 0.25) is 16.0 Å². The Morgan fingerprint density at radius 1 is 1.25 bits per heavy atom. The monoisotopic (exact) mass is 302 g/mol. The van der Waals surface area contributed by atoms with E-state index in [0.29, 0.717) is 12.6 Å². The molecule has 0 atom stereocenters. The first-order valence-electron chi connectivity index (χ1n) is 6.63. The number of anilines is 1. The van der Waals surface area contributed by atoms with Crippen molar-refractivity contribution in [2.45, 2.75) is 38.2 Å². The van der Waals surface area contributed by atoms with E-state index in [9.17, 15) is 8.42 Å². The molecule has 2 N–H and O–H groups in total. The van der Waals surface area contributed by atoms with E-state index in [1.165, 1.54) is 12.4 Å². The summed E-state index contributed by atoms with van der Waals surface area (Å²) in [5.41, 5.74) is 0. The highest BCUT2D eigenvalue weighted by Crippen LogP contribution is 2.07. The SMILES string of the molecule is CCCNc1ncc(S(=O)(=O)NCCOC(C)C)cn1. The molecule has 1 heterocycles. The summed E-state index contributed by atoms with van der Waals surface area (Å²) in [6.45, 7) is 7.10. The Bertz CT molecular complexity index is 488. The number of nitrogens with one attached hydrogen (secondary N) is 2. The Morgan fingerprint density at radius 2 is 1.90 bits per heavy atom. The van der Waals surface area contributed by atoms with Gasteiger partial charge in [-0.05, 0) is 20.3 Å². The van der Waals surface area contributed by atoms with Gasteiger partial charge in [-0.25, -0.2) is 23.1 Å². The van der Waals surface area contributed by atoms with Gasteiger partial charge in [0.1, 0.15) is 4.90 Å². The number of rotatable bonds is 9. The molecule has 0 bridgehead atoms. The van der Waals surface area contributed by atoms with Crippen LogP contribution in [-0.4, -0.2) is 44.2 Å². The van der Waals surface area contributed by atoms with Gasteiger partial charge in [-0.15, -0.1) is 0 Å². The Balaban J connectivity index is 2.54. The third-order valence-corrected chi connectivity index (χ3v) is 3.73. The number of nitrogens with zero attached hydrogens (tertiary/aromatic N) is 2. The van der Waals surface area contributed by atoms with Crippen LogP contribution < -0.4 is 10.0 Å². The molecule has 7 nitrogen and oxygen atoms in total. The van der Waals surface area contributed by atoms with E-state index >= 15 is 0 Å². The van der Waals surface area contributed by atoms with E-state index < -0.39 is 10.0 Å². The summed E-state index contributed by atoms with van der Waals surface area (Å²) in [5, 5.41) is 2.98. The molecular formula is C12H22N4O3S. The molecule has 0 spiro atoms. The molecule has 1 aromatic heterocycles. The van der Waals surface area contributed by atoms with Crippen molar-refractivity contribution in [3.8, 4) is 0 Å². The van der Waals surface area contributed by atoms with Gasteiger partial charge in [0.25, 0.3) is 0 Å². The molecule has 20 heavy (non-hydrogen) atoms. The van der Waals surface area contributed by atoms with Gasteiger partial charge in [-0.3, -0.25) is 0 Å². The summed E-state index contributed by atoms with van der Waals surface area (Å²) in [4.78, 5) is 7.98. The average molecular weight is 302 g/mol. The maximum Gasteiger partial charge on any atom is 0.243 e. The van der Waals surface area contributed by atoms with Gasteiger partial charge in [-0.2, -0.15) is 0 Å². The quantitative estimate of drug-likeness (QED) is 0.661. The maximum absolute atomic E-state index is 11.9. The molecule has 0 radical (unpaired) electrons. The van der Waals surface area contributed by atoms with Crippen LogP contribution >= 0.6 is 0 Å². The second-order valence-electron chi connectivity index (χ2n) is 4.49. The van der Waals surface area contributed by atoms with Crippen LogP contribution in [0.15, 0.2) is 17.3 Å². The highest BCUT2D eigenvalue weighted by molar-refractivity contribution is 7.89. The lowest BCUT2D eigenvalue weighted by molar-refractivity contribution is 0.0834. The molecule has 0 aliphatic carbocycles. The topological polar surface area (TPSA) is 93.2 Å². The zero-order chi connectivity index (χ0) is 15.0. The van der Waals surface area contributed by atoms with Gasteiger partial charge in [0.05, 0.1) is 25.1 Å². The van der Waals surface area contributed by atoms with E-state index in [4.69, 9.17) is 4.74 Å². The van der Waals surface area contributed by atoms with Gasteiger partial charge >= 0.3 is 0 Å². The van der Waals surface area contributed by atoms with Crippen LogP contribution in [0.3, 0.4) is 0 Å². The third kappa shape index (κ3) is 5.81. The minimum Gasteiger partial charge on any atom is -0.377 e. The van der Waals surface area contributed by atoms with Crippen LogP contribution in [0.25, 0.3) is 0 Å². The zero-order valence-corrected chi connectivity index (χ0v) is 12.9. The van der Waals surface area contributed by atoms with Gasteiger partial charge < -0.3 is 10.1 Å². The summed E-state index contributed by atoms with van der Waals surface area (Å²) in [6, 6.07) is 0. The molecule has 8 heteroatoms. The van der Waals surface area contributed by atoms with E-state index in [-0.39, 0.29) is 17.5 Å². The molecule has 0 aromatic carbocycles. The van der Waals surface area contributed by atoms with E-state index in [0.717, 1.165) is 13.0 Å². The molecule has 0 aliphatic heterocycles. The lowest BCUT2D eigenvalue weighted by Crippen LogP contribution is -2.28. The molecule has 0 saturated carbocycles. The lowest BCUT2D eigenvalue weighted by Gasteiger charge is -2.09. The minimum atomic E-state index is -3.58. The van der Waals surface area contributed by atoms with E-state index in [1.807, 2.05) is 20.8 Å². The lowest BCUT2D eigenvalue weighted by atomic mass is 10.5. The largest absolute Gasteiger partial charge is 0.377 e. The van der Waals surface area contributed by atoms with Crippen molar-refractivity contribution >= 4 is 16.0 Å². The fourth-order valence-corrected chi connectivity index (χ4v) is 2.24. The molecular weight excluding hydrogens is 280 g/mol. The first kappa shape index (κ1) is 16.8. The number of aromatic nitrogens is 2. The fraction of sp³-hybridized carbons (Fsp3) is 0.667. The first-order valence-corrected chi connectivity index (χ1v) is 8.11. The van der Waals surface area contributed by atoms with Gasteiger partial charge in [0, 0.05) is 13.1 Å². The second kappa shape index (κ2) is 8.13. The molecule has 0 unspecified atom stereocenters. The molecule has 0 fully saturated rings. The molecule has 0 amide bonds. The maximum atomic E-state index is 11.9. The van der Waals surface area contributed by atoms with Crippen LogP contribution in [0.1, 0.15) is 27.2 Å². The first-order chi connectivity index (χ1) is 9.45. The number of ether oxygens (including phenoxy) is 1. The fourth-order valence-electron chi connectivity index (χ4n) is 1.34. The summed E-state index contributed by atoms with van der Waals surface area (Å²) in [5.74, 6) is 0.425.